The molecular weight excluding hydrogens is 507 g/mol. The first-order valence-electron chi connectivity index (χ1n) is 10.6. The molecule has 0 radical (unpaired) electrons. The molecule has 1 aromatic heterocycles. The van der Waals surface area contributed by atoms with E-state index in [0.29, 0.717) is 25.7 Å². The molecule has 1 N–H and O–H groups in total. The third kappa shape index (κ3) is 5.69. The SMILES string of the molecule is CN=C(NCc1ccccc1OC1CCCC1)N1CCN(c2cnn(C)c2)C(=O)C1.I. The average Bonchev–Trinajstić information content (AvgIpc) is 3.41. The Morgan fingerprint density at radius 3 is 2.71 bits per heavy atom. The lowest BCUT2D eigenvalue weighted by molar-refractivity contribution is -0.120. The van der Waals surface area contributed by atoms with Crippen LogP contribution in [0.5, 0.6) is 5.75 Å². The third-order valence-electron chi connectivity index (χ3n) is 5.74. The molecule has 2 aliphatic rings. The van der Waals surface area contributed by atoms with Crippen LogP contribution in [0.3, 0.4) is 0 Å². The second-order valence-electron chi connectivity index (χ2n) is 7.87. The summed E-state index contributed by atoms with van der Waals surface area (Å²) in [5.74, 6) is 1.71. The first-order chi connectivity index (χ1) is 14.6. The number of para-hydroxylation sites is 1. The molecule has 0 bridgehead atoms. The molecule has 2 heterocycles. The summed E-state index contributed by atoms with van der Waals surface area (Å²) < 4.78 is 7.95. The van der Waals surface area contributed by atoms with E-state index in [1.807, 2.05) is 36.3 Å². The fraction of sp³-hybridized carbons (Fsp3) is 0.500. The van der Waals surface area contributed by atoms with Crippen molar-refractivity contribution in [3.05, 3.63) is 42.2 Å². The summed E-state index contributed by atoms with van der Waals surface area (Å²) in [4.78, 5) is 20.9. The maximum Gasteiger partial charge on any atom is 0.246 e. The number of benzene rings is 1. The van der Waals surface area contributed by atoms with Crippen LogP contribution in [0.1, 0.15) is 31.2 Å². The van der Waals surface area contributed by atoms with Crippen LogP contribution >= 0.6 is 24.0 Å². The molecule has 0 atom stereocenters. The Kier molecular flexibility index (Phi) is 8.16. The number of ether oxygens (including phenoxy) is 1. The summed E-state index contributed by atoms with van der Waals surface area (Å²) in [6.45, 7) is 2.20. The summed E-state index contributed by atoms with van der Waals surface area (Å²) in [5.41, 5.74) is 1.94. The van der Waals surface area contributed by atoms with E-state index in [4.69, 9.17) is 4.74 Å². The first kappa shape index (κ1) is 23.4. The Morgan fingerprint density at radius 1 is 1.26 bits per heavy atom. The fourth-order valence-corrected chi connectivity index (χ4v) is 4.13. The van der Waals surface area contributed by atoms with E-state index < -0.39 is 0 Å². The topological polar surface area (TPSA) is 75.0 Å². The zero-order valence-corrected chi connectivity index (χ0v) is 20.5. The summed E-state index contributed by atoms with van der Waals surface area (Å²) in [6.07, 6.45) is 8.67. The van der Waals surface area contributed by atoms with Crippen molar-refractivity contribution in [2.75, 3.05) is 31.6 Å². The third-order valence-corrected chi connectivity index (χ3v) is 5.74. The monoisotopic (exact) mass is 538 g/mol. The number of rotatable bonds is 5. The van der Waals surface area contributed by atoms with Crippen molar-refractivity contribution >= 4 is 41.5 Å². The number of nitrogens with zero attached hydrogens (tertiary/aromatic N) is 5. The number of amides is 1. The molecule has 2 aromatic rings. The van der Waals surface area contributed by atoms with Gasteiger partial charge in [-0.3, -0.25) is 14.5 Å². The van der Waals surface area contributed by atoms with E-state index >= 15 is 0 Å². The smallest absolute Gasteiger partial charge is 0.246 e. The minimum Gasteiger partial charge on any atom is -0.490 e. The molecule has 1 aliphatic heterocycles. The quantitative estimate of drug-likeness (QED) is 0.360. The number of carbonyl (C=O) groups is 1. The van der Waals surface area contributed by atoms with Crippen LogP contribution < -0.4 is 15.0 Å². The van der Waals surface area contributed by atoms with Gasteiger partial charge in [-0.2, -0.15) is 5.10 Å². The molecule has 4 rings (SSSR count). The lowest BCUT2D eigenvalue weighted by Gasteiger charge is -2.35. The predicted octanol–water partition coefficient (Wildman–Crippen LogP) is 2.78. The van der Waals surface area contributed by atoms with Gasteiger partial charge in [0.25, 0.3) is 0 Å². The van der Waals surface area contributed by atoms with Gasteiger partial charge in [0, 0.05) is 45.5 Å². The first-order valence-corrected chi connectivity index (χ1v) is 10.6. The van der Waals surface area contributed by atoms with E-state index in [1.165, 1.54) is 12.8 Å². The lowest BCUT2D eigenvalue weighted by Crippen LogP contribution is -2.55. The van der Waals surface area contributed by atoms with E-state index in [2.05, 4.69) is 21.5 Å². The molecular formula is C22H31IN6O2. The number of nitrogens with one attached hydrogen (secondary N) is 1. The number of hydrogen-bond donors (Lipinski definition) is 1. The summed E-state index contributed by atoms with van der Waals surface area (Å²) in [7, 11) is 3.60. The Balaban J connectivity index is 0.00000272. The van der Waals surface area contributed by atoms with Crippen LogP contribution in [0.25, 0.3) is 0 Å². The van der Waals surface area contributed by atoms with Crippen molar-refractivity contribution in [2.24, 2.45) is 12.0 Å². The highest BCUT2D eigenvalue weighted by molar-refractivity contribution is 14.0. The molecule has 9 heteroatoms. The van der Waals surface area contributed by atoms with Crippen LogP contribution in [0.15, 0.2) is 41.7 Å². The van der Waals surface area contributed by atoms with E-state index in [-0.39, 0.29) is 36.4 Å². The Morgan fingerprint density at radius 2 is 2.03 bits per heavy atom. The normalized spacial score (nSPS) is 17.6. The predicted molar refractivity (Wildman–Crippen MR) is 132 cm³/mol. The van der Waals surface area contributed by atoms with Gasteiger partial charge in [0.15, 0.2) is 5.96 Å². The molecule has 1 saturated carbocycles. The molecule has 0 spiro atoms. The van der Waals surface area contributed by atoms with E-state index in [1.54, 1.807) is 22.8 Å². The number of aryl methyl sites for hydroxylation is 1. The van der Waals surface area contributed by atoms with Crippen LogP contribution in [0.4, 0.5) is 5.69 Å². The number of halogens is 1. The van der Waals surface area contributed by atoms with Gasteiger partial charge >= 0.3 is 0 Å². The minimum absolute atomic E-state index is 0. The van der Waals surface area contributed by atoms with Crippen molar-refractivity contribution in [2.45, 2.75) is 38.3 Å². The molecule has 168 valence electrons. The highest BCUT2D eigenvalue weighted by Gasteiger charge is 2.27. The van der Waals surface area contributed by atoms with Gasteiger partial charge in [-0.05, 0) is 31.7 Å². The van der Waals surface area contributed by atoms with Gasteiger partial charge < -0.3 is 19.9 Å². The number of anilines is 1. The summed E-state index contributed by atoms with van der Waals surface area (Å²) in [5, 5.41) is 7.57. The second kappa shape index (κ2) is 10.8. The van der Waals surface area contributed by atoms with Crippen molar-refractivity contribution in [3.8, 4) is 5.75 Å². The Labute approximate surface area is 200 Å². The highest BCUT2D eigenvalue weighted by Crippen LogP contribution is 2.26. The molecule has 31 heavy (non-hydrogen) atoms. The highest BCUT2D eigenvalue weighted by atomic mass is 127. The average molecular weight is 538 g/mol. The second-order valence-corrected chi connectivity index (χ2v) is 7.87. The zero-order chi connectivity index (χ0) is 20.9. The number of carbonyl (C=O) groups excluding carboxylic acids is 1. The number of aliphatic imine (C=N–C) groups is 1. The van der Waals surface area contributed by atoms with Gasteiger partial charge in [0.1, 0.15) is 12.3 Å². The van der Waals surface area contributed by atoms with Crippen molar-refractivity contribution < 1.29 is 9.53 Å². The molecule has 1 amide bonds. The number of guanidine groups is 1. The van der Waals surface area contributed by atoms with E-state index in [9.17, 15) is 4.79 Å². The lowest BCUT2D eigenvalue weighted by atomic mass is 10.2. The van der Waals surface area contributed by atoms with Gasteiger partial charge in [-0.25, -0.2) is 0 Å². The van der Waals surface area contributed by atoms with Crippen LogP contribution in [0.2, 0.25) is 0 Å². The number of piperazine rings is 1. The van der Waals surface area contributed by atoms with Gasteiger partial charge in [0.05, 0.1) is 18.0 Å². The van der Waals surface area contributed by atoms with Crippen LogP contribution in [0, 0.1) is 0 Å². The van der Waals surface area contributed by atoms with Gasteiger partial charge in [0.2, 0.25) is 5.91 Å². The summed E-state index contributed by atoms with van der Waals surface area (Å²) >= 11 is 0. The Hall–Kier alpha value is -2.30. The maximum absolute atomic E-state index is 12.7. The van der Waals surface area contributed by atoms with E-state index in [0.717, 1.165) is 35.8 Å². The summed E-state index contributed by atoms with van der Waals surface area (Å²) in [6, 6.07) is 8.15. The van der Waals surface area contributed by atoms with Gasteiger partial charge in [-0.1, -0.05) is 18.2 Å². The Bertz CT molecular complexity index is 909. The molecule has 1 aromatic carbocycles. The van der Waals surface area contributed by atoms with Crippen molar-refractivity contribution in [1.29, 1.82) is 0 Å². The molecule has 1 aliphatic carbocycles. The van der Waals surface area contributed by atoms with Crippen LogP contribution in [-0.2, 0) is 18.4 Å². The van der Waals surface area contributed by atoms with Crippen molar-refractivity contribution in [3.63, 3.8) is 0 Å². The van der Waals surface area contributed by atoms with Crippen LogP contribution in [-0.4, -0.2) is 59.3 Å². The fourth-order valence-electron chi connectivity index (χ4n) is 4.13. The van der Waals surface area contributed by atoms with Gasteiger partial charge in [-0.15, -0.1) is 24.0 Å². The standard InChI is InChI=1S/C22H30N6O2.HI/c1-23-22(27-11-12-28(21(29)16-27)18-14-25-26(2)15-18)24-13-17-7-3-6-10-20(17)30-19-8-4-5-9-19;/h3,6-7,10,14-15,19H,4-5,8-9,11-13,16H2,1-2H3,(H,23,24);1H. The molecule has 2 fully saturated rings. The minimum atomic E-state index is 0. The largest absolute Gasteiger partial charge is 0.490 e. The zero-order valence-electron chi connectivity index (χ0n) is 18.2. The number of hydrogen-bond acceptors (Lipinski definition) is 4. The molecule has 8 nitrogen and oxygen atoms in total. The van der Waals surface area contributed by atoms with Crippen molar-refractivity contribution in [1.82, 2.24) is 20.0 Å². The molecule has 1 saturated heterocycles. The maximum atomic E-state index is 12.7. The molecule has 0 unspecified atom stereocenters. The number of aromatic nitrogens is 2.